The summed E-state index contributed by atoms with van der Waals surface area (Å²) in [6.45, 7) is 0.588. The Labute approximate surface area is 128 Å². The number of hydrogen-bond donors (Lipinski definition) is 1. The number of nitrogens with zero attached hydrogens (tertiary/aromatic N) is 1. The van der Waals surface area contributed by atoms with Crippen LogP contribution in [0, 0.1) is 10.6 Å². The van der Waals surface area contributed by atoms with E-state index >= 15 is 0 Å². The quantitative estimate of drug-likeness (QED) is 0.711. The van der Waals surface area contributed by atoms with Gasteiger partial charge < -0.3 is 14.3 Å². The van der Waals surface area contributed by atoms with Crippen molar-refractivity contribution in [2.75, 3.05) is 7.11 Å². The Bertz CT molecular complexity index is 837. The minimum absolute atomic E-state index is 0.199. The summed E-state index contributed by atoms with van der Waals surface area (Å²) >= 11 is 12.7. The van der Waals surface area contributed by atoms with Gasteiger partial charge in [-0.25, -0.2) is 4.39 Å². The Morgan fingerprint density at radius 1 is 1.45 bits per heavy atom. The van der Waals surface area contributed by atoms with Gasteiger partial charge >= 0.3 is 0 Å². The van der Waals surface area contributed by atoms with E-state index in [-0.39, 0.29) is 5.75 Å². The van der Waals surface area contributed by atoms with Crippen molar-refractivity contribution >= 4 is 46.2 Å². The van der Waals surface area contributed by atoms with Crippen molar-refractivity contribution in [2.45, 2.75) is 6.54 Å². The van der Waals surface area contributed by atoms with Gasteiger partial charge in [0.25, 0.3) is 0 Å². The zero-order valence-corrected chi connectivity index (χ0v) is 12.8. The highest BCUT2D eigenvalue weighted by molar-refractivity contribution is 7.71. The highest BCUT2D eigenvalue weighted by Crippen LogP contribution is 2.27. The molecule has 0 atom stereocenters. The molecular weight excluding hydrogens is 319 g/mol. The van der Waals surface area contributed by atoms with Crippen molar-refractivity contribution in [2.24, 2.45) is 0 Å². The third-order valence-corrected chi connectivity index (χ3v) is 4.53. The van der Waals surface area contributed by atoms with E-state index in [1.807, 2.05) is 16.7 Å². The Kier molecular flexibility index (Phi) is 3.54. The van der Waals surface area contributed by atoms with Crippen molar-refractivity contribution in [3.05, 3.63) is 44.1 Å². The van der Waals surface area contributed by atoms with Crippen LogP contribution in [0.25, 0.3) is 11.0 Å². The van der Waals surface area contributed by atoms with Crippen LogP contribution in [-0.4, -0.2) is 16.7 Å². The number of rotatable bonds is 3. The van der Waals surface area contributed by atoms with Crippen LogP contribution in [0.15, 0.2) is 24.3 Å². The van der Waals surface area contributed by atoms with Gasteiger partial charge in [0, 0.05) is 17.0 Å². The van der Waals surface area contributed by atoms with E-state index < -0.39 is 5.82 Å². The van der Waals surface area contributed by atoms with Crippen LogP contribution in [0.3, 0.4) is 0 Å². The van der Waals surface area contributed by atoms with E-state index in [2.05, 4.69) is 4.98 Å². The molecule has 0 saturated heterocycles. The monoisotopic (exact) mass is 328 g/mol. The second-order valence-corrected chi connectivity index (χ2v) is 6.41. The second kappa shape index (κ2) is 5.20. The molecule has 0 fully saturated rings. The summed E-state index contributed by atoms with van der Waals surface area (Å²) in [6, 6.07) is 6.84. The van der Waals surface area contributed by atoms with Crippen LogP contribution < -0.4 is 4.74 Å². The highest BCUT2D eigenvalue weighted by Gasteiger charge is 2.11. The molecule has 0 bridgehead atoms. The number of thiophene rings is 1. The van der Waals surface area contributed by atoms with E-state index in [9.17, 15) is 4.39 Å². The lowest BCUT2D eigenvalue weighted by Crippen LogP contribution is -1.98. The molecule has 2 aromatic heterocycles. The maximum absolute atomic E-state index is 13.7. The number of halogens is 2. The molecule has 7 heteroatoms. The van der Waals surface area contributed by atoms with E-state index in [4.69, 9.17) is 28.6 Å². The van der Waals surface area contributed by atoms with Crippen LogP contribution in [0.2, 0.25) is 4.34 Å². The minimum atomic E-state index is -0.414. The molecule has 0 aliphatic heterocycles. The standard InChI is InChI=1S/C13H10ClFN2OS2/c1-18-11-5-10-9(4-8(11)15)16-13(19)17(10)6-7-2-3-12(14)20-7/h2-5H,6H2,1H3,(H,16,19). The van der Waals surface area contributed by atoms with Gasteiger partial charge in [-0.05, 0) is 24.4 Å². The van der Waals surface area contributed by atoms with E-state index in [0.717, 1.165) is 14.7 Å². The molecule has 1 N–H and O–H groups in total. The van der Waals surface area contributed by atoms with Gasteiger partial charge in [0.05, 0.1) is 29.0 Å². The SMILES string of the molecule is COc1cc2c(cc1F)[nH]c(=S)n2Cc1ccc(Cl)s1. The van der Waals surface area contributed by atoms with Crippen molar-refractivity contribution in [1.29, 1.82) is 0 Å². The summed E-state index contributed by atoms with van der Waals surface area (Å²) in [6.07, 6.45) is 0. The van der Waals surface area contributed by atoms with Crippen molar-refractivity contribution < 1.29 is 9.13 Å². The fraction of sp³-hybridized carbons (Fsp3) is 0.154. The molecule has 3 nitrogen and oxygen atoms in total. The molecule has 2 heterocycles. The lowest BCUT2D eigenvalue weighted by atomic mass is 10.3. The van der Waals surface area contributed by atoms with Crippen LogP contribution in [0.5, 0.6) is 5.75 Å². The molecule has 0 amide bonds. The molecule has 20 heavy (non-hydrogen) atoms. The summed E-state index contributed by atoms with van der Waals surface area (Å²) in [5, 5.41) is 0. The number of benzene rings is 1. The zero-order valence-electron chi connectivity index (χ0n) is 10.4. The Hall–Kier alpha value is -1.37. The third kappa shape index (κ3) is 2.34. The van der Waals surface area contributed by atoms with Crippen LogP contribution in [0.1, 0.15) is 4.88 Å². The lowest BCUT2D eigenvalue weighted by molar-refractivity contribution is 0.387. The molecule has 0 unspecified atom stereocenters. The van der Waals surface area contributed by atoms with Crippen molar-refractivity contribution in [1.82, 2.24) is 9.55 Å². The van der Waals surface area contributed by atoms with Crippen molar-refractivity contribution in [3.8, 4) is 5.75 Å². The van der Waals surface area contributed by atoms with Crippen LogP contribution in [0.4, 0.5) is 4.39 Å². The predicted octanol–water partition coefficient (Wildman–Crippen LogP) is 4.61. The maximum atomic E-state index is 13.7. The second-order valence-electron chi connectivity index (χ2n) is 4.23. The molecule has 3 rings (SSSR count). The number of nitrogens with one attached hydrogen (secondary N) is 1. The molecule has 104 valence electrons. The predicted molar refractivity (Wildman–Crippen MR) is 82.1 cm³/mol. The molecule has 0 spiro atoms. The first-order valence-corrected chi connectivity index (χ1v) is 7.39. The summed E-state index contributed by atoms with van der Waals surface area (Å²) in [5.74, 6) is -0.216. The molecular formula is C13H10ClFN2OS2. The average molecular weight is 329 g/mol. The number of H-pyrrole nitrogens is 1. The third-order valence-electron chi connectivity index (χ3n) is 2.99. The molecule has 0 radical (unpaired) electrons. The number of aromatic nitrogens is 2. The van der Waals surface area contributed by atoms with Gasteiger partial charge in [0.2, 0.25) is 0 Å². The Morgan fingerprint density at radius 2 is 2.25 bits per heavy atom. The Morgan fingerprint density at radius 3 is 2.90 bits per heavy atom. The number of imidazole rings is 1. The first-order valence-electron chi connectivity index (χ1n) is 5.79. The average Bonchev–Trinajstić information content (AvgIpc) is 2.94. The first-order chi connectivity index (χ1) is 9.58. The zero-order chi connectivity index (χ0) is 14.3. The number of aromatic amines is 1. The van der Waals surface area contributed by atoms with Gasteiger partial charge in [-0.2, -0.15) is 0 Å². The summed E-state index contributed by atoms with van der Waals surface area (Å²) in [5.41, 5.74) is 1.45. The largest absolute Gasteiger partial charge is 0.494 e. The summed E-state index contributed by atoms with van der Waals surface area (Å²) < 4.78 is 21.9. The molecule has 0 saturated carbocycles. The van der Waals surface area contributed by atoms with E-state index in [1.54, 1.807) is 6.07 Å². The lowest BCUT2D eigenvalue weighted by Gasteiger charge is -2.05. The number of fused-ring (bicyclic) bond motifs is 1. The van der Waals surface area contributed by atoms with Gasteiger partial charge in [0.1, 0.15) is 0 Å². The normalized spacial score (nSPS) is 11.2. The first kappa shape index (κ1) is 13.6. The maximum Gasteiger partial charge on any atom is 0.178 e. The smallest absolute Gasteiger partial charge is 0.178 e. The van der Waals surface area contributed by atoms with E-state index in [0.29, 0.717) is 16.8 Å². The van der Waals surface area contributed by atoms with Crippen molar-refractivity contribution in [3.63, 3.8) is 0 Å². The number of hydrogen-bond acceptors (Lipinski definition) is 3. The van der Waals surface area contributed by atoms with Gasteiger partial charge in [-0.15, -0.1) is 11.3 Å². The fourth-order valence-electron chi connectivity index (χ4n) is 2.06. The minimum Gasteiger partial charge on any atom is -0.494 e. The van der Waals surface area contributed by atoms with E-state index in [1.165, 1.54) is 24.5 Å². The van der Waals surface area contributed by atoms with Crippen LogP contribution >= 0.6 is 35.2 Å². The highest BCUT2D eigenvalue weighted by atomic mass is 35.5. The van der Waals surface area contributed by atoms with Gasteiger partial charge in [0.15, 0.2) is 16.3 Å². The number of methoxy groups -OCH3 is 1. The van der Waals surface area contributed by atoms with Crippen LogP contribution in [-0.2, 0) is 6.54 Å². The Balaban J connectivity index is 2.14. The van der Waals surface area contributed by atoms with Gasteiger partial charge in [-0.1, -0.05) is 11.6 Å². The fourth-order valence-corrected chi connectivity index (χ4v) is 3.41. The molecule has 0 aliphatic carbocycles. The molecule has 3 aromatic rings. The summed E-state index contributed by atoms with van der Waals surface area (Å²) in [4.78, 5) is 4.08. The van der Waals surface area contributed by atoms with Gasteiger partial charge in [-0.3, -0.25) is 0 Å². The topological polar surface area (TPSA) is 29.9 Å². The summed E-state index contributed by atoms with van der Waals surface area (Å²) in [7, 11) is 1.44. The number of ether oxygens (including phenoxy) is 1. The molecule has 1 aromatic carbocycles. The molecule has 0 aliphatic rings.